The summed E-state index contributed by atoms with van der Waals surface area (Å²) in [4.78, 5) is 14.3. The highest BCUT2D eigenvalue weighted by molar-refractivity contribution is 9.09. The molecule has 0 saturated heterocycles. The van der Waals surface area contributed by atoms with Crippen molar-refractivity contribution < 1.29 is 9.53 Å². The van der Waals surface area contributed by atoms with E-state index in [4.69, 9.17) is 4.74 Å². The number of anilines is 1. The van der Waals surface area contributed by atoms with E-state index in [1.165, 1.54) is 7.05 Å². The molecule has 0 fully saturated rings. The van der Waals surface area contributed by atoms with Gasteiger partial charge in [-0.25, -0.2) is 0 Å². The van der Waals surface area contributed by atoms with Crippen LogP contribution in [-0.2, 0) is 5.41 Å². The third-order valence-corrected chi connectivity index (χ3v) is 4.16. The van der Waals surface area contributed by atoms with Gasteiger partial charge in [0, 0.05) is 17.7 Å². The summed E-state index contributed by atoms with van der Waals surface area (Å²) in [5.41, 5.74) is 7.37. The Morgan fingerprint density at radius 3 is 2.33 bits per heavy atom. The molecule has 1 heterocycles. The quantitative estimate of drug-likeness (QED) is 0.603. The molecule has 0 aliphatic carbocycles. The molecule has 0 unspecified atom stereocenters. The Balaban J connectivity index is 0.00000123. The van der Waals surface area contributed by atoms with E-state index in [1.54, 1.807) is 0 Å². The number of nitrogens with two attached hydrogens (primary N) is 1. The fourth-order valence-electron chi connectivity index (χ4n) is 2.50. The number of alkyl halides is 1. The minimum Gasteiger partial charge on any atom is -0.489 e. The summed E-state index contributed by atoms with van der Waals surface area (Å²) in [6.45, 7) is 15.1. The molecule has 1 aliphatic rings. The largest absolute Gasteiger partial charge is 0.489 e. The molecule has 138 valence electrons. The number of ether oxygens (including phenoxy) is 1. The second-order valence-corrected chi connectivity index (χ2v) is 6.67. The molecule has 0 bridgehead atoms. The number of benzene rings is 1. The van der Waals surface area contributed by atoms with Crippen molar-refractivity contribution in [1.29, 1.82) is 0 Å². The summed E-state index contributed by atoms with van der Waals surface area (Å²) in [5.74, 6) is 1.05. The maximum atomic E-state index is 12.1. The Labute approximate surface area is 155 Å². The highest BCUT2D eigenvalue weighted by atomic mass is 79.9. The molecule has 0 atom stereocenters. The molecule has 2 N–H and O–H groups in total. The lowest BCUT2D eigenvalue weighted by atomic mass is 9.84. The molecule has 0 spiro atoms. The molecule has 1 aromatic rings. The van der Waals surface area contributed by atoms with Gasteiger partial charge < -0.3 is 15.4 Å². The molecular weight excluding hydrogens is 368 g/mol. The number of likely N-dealkylation sites (N-methyl/N-ethyl adjacent to an activating group) is 1. The monoisotopic (exact) mass is 400 g/mol. The first-order chi connectivity index (χ1) is 11.4. The smallest absolute Gasteiger partial charge is 0.173 e. The van der Waals surface area contributed by atoms with Crippen LogP contribution in [0.1, 0.15) is 57.5 Å². The lowest BCUT2D eigenvalue weighted by Crippen LogP contribution is -2.34. The van der Waals surface area contributed by atoms with Crippen LogP contribution in [0.5, 0.6) is 5.75 Å². The second-order valence-electron chi connectivity index (χ2n) is 6.11. The van der Waals surface area contributed by atoms with Crippen molar-refractivity contribution in [3.8, 4) is 5.75 Å². The van der Waals surface area contributed by atoms with Gasteiger partial charge in [-0.3, -0.25) is 4.79 Å². The van der Waals surface area contributed by atoms with Gasteiger partial charge in [0.1, 0.15) is 12.4 Å². The molecule has 4 nitrogen and oxygen atoms in total. The zero-order valence-corrected chi connectivity index (χ0v) is 17.8. The van der Waals surface area contributed by atoms with Gasteiger partial charge in [0.25, 0.3) is 0 Å². The van der Waals surface area contributed by atoms with E-state index in [2.05, 4.69) is 54.3 Å². The number of hydrogen-bond donors (Lipinski definition) is 1. The summed E-state index contributed by atoms with van der Waals surface area (Å²) in [6.07, 6.45) is 0. The highest BCUT2D eigenvalue weighted by Crippen LogP contribution is 2.42. The van der Waals surface area contributed by atoms with Crippen LogP contribution in [0, 0.1) is 0 Å². The molecule has 0 aromatic heterocycles. The SMILES string of the molecule is CC.CCN1CCOc2c1cc(C(=O)CBr)cc2C(C)(C)C.CN. The van der Waals surface area contributed by atoms with Gasteiger partial charge in [-0.2, -0.15) is 0 Å². The van der Waals surface area contributed by atoms with Gasteiger partial charge >= 0.3 is 0 Å². The molecule has 0 amide bonds. The molecule has 1 aromatic carbocycles. The maximum absolute atomic E-state index is 12.1. The Morgan fingerprint density at radius 1 is 1.29 bits per heavy atom. The van der Waals surface area contributed by atoms with Crippen LogP contribution in [-0.4, -0.2) is 37.9 Å². The van der Waals surface area contributed by atoms with E-state index in [0.717, 1.165) is 35.7 Å². The van der Waals surface area contributed by atoms with E-state index in [-0.39, 0.29) is 11.2 Å². The number of fused-ring (bicyclic) bond motifs is 1. The Morgan fingerprint density at radius 2 is 1.88 bits per heavy atom. The van der Waals surface area contributed by atoms with Gasteiger partial charge in [-0.05, 0) is 31.5 Å². The number of hydrogen-bond acceptors (Lipinski definition) is 4. The molecule has 0 radical (unpaired) electrons. The maximum Gasteiger partial charge on any atom is 0.173 e. The lowest BCUT2D eigenvalue weighted by Gasteiger charge is -2.34. The van der Waals surface area contributed by atoms with E-state index in [9.17, 15) is 4.79 Å². The summed E-state index contributed by atoms with van der Waals surface area (Å²) >= 11 is 3.26. The topological polar surface area (TPSA) is 55.6 Å². The average Bonchev–Trinajstić information content (AvgIpc) is 2.62. The fraction of sp³-hybridized carbons (Fsp3) is 0.632. The van der Waals surface area contributed by atoms with E-state index >= 15 is 0 Å². The Bertz CT molecular complexity index is 525. The lowest BCUT2D eigenvalue weighted by molar-refractivity contribution is 0.102. The van der Waals surface area contributed by atoms with Gasteiger partial charge in [0.2, 0.25) is 0 Å². The van der Waals surface area contributed by atoms with E-state index < -0.39 is 0 Å². The first-order valence-electron chi connectivity index (χ1n) is 8.61. The zero-order chi connectivity index (χ0) is 18.9. The van der Waals surface area contributed by atoms with Crippen LogP contribution in [0.4, 0.5) is 5.69 Å². The predicted octanol–water partition coefficient (Wildman–Crippen LogP) is 4.38. The second kappa shape index (κ2) is 10.7. The number of nitrogens with zero attached hydrogens (tertiary/aromatic N) is 1. The summed E-state index contributed by atoms with van der Waals surface area (Å²) in [7, 11) is 1.50. The van der Waals surface area contributed by atoms with Crippen LogP contribution in [0.25, 0.3) is 0 Å². The average molecular weight is 401 g/mol. The molecule has 24 heavy (non-hydrogen) atoms. The van der Waals surface area contributed by atoms with Crippen molar-refractivity contribution in [3.05, 3.63) is 23.3 Å². The Kier molecular flexibility index (Phi) is 10.2. The molecule has 0 saturated carbocycles. The first-order valence-corrected chi connectivity index (χ1v) is 9.73. The zero-order valence-electron chi connectivity index (χ0n) is 16.2. The predicted molar refractivity (Wildman–Crippen MR) is 108 cm³/mol. The number of rotatable bonds is 3. The van der Waals surface area contributed by atoms with E-state index in [0.29, 0.717) is 11.9 Å². The number of Topliss-reactive ketones (excluding diaryl/α,β-unsaturated/α-hetero) is 1. The molecule has 2 rings (SSSR count). The normalized spacial score (nSPS) is 12.8. The van der Waals surface area contributed by atoms with Crippen molar-refractivity contribution in [3.63, 3.8) is 0 Å². The molecule has 5 heteroatoms. The fourth-order valence-corrected chi connectivity index (χ4v) is 2.83. The minimum absolute atomic E-state index is 0.0521. The van der Waals surface area contributed by atoms with Crippen molar-refractivity contribution in [2.24, 2.45) is 5.73 Å². The molecule has 1 aliphatic heterocycles. The van der Waals surface area contributed by atoms with Crippen molar-refractivity contribution in [1.82, 2.24) is 0 Å². The van der Waals surface area contributed by atoms with Crippen LogP contribution in [0.3, 0.4) is 0 Å². The summed E-state index contributed by atoms with van der Waals surface area (Å²) < 4.78 is 5.92. The van der Waals surface area contributed by atoms with Crippen LogP contribution in [0.15, 0.2) is 12.1 Å². The minimum atomic E-state index is -0.0521. The van der Waals surface area contributed by atoms with Crippen molar-refractivity contribution in [2.75, 3.05) is 37.0 Å². The standard InChI is InChI=1S/C16H22BrNO2.C2H6.CH5N/c1-5-18-6-7-20-15-12(16(2,3)4)8-11(9-13(15)18)14(19)10-17;2*1-2/h8-9H,5-7,10H2,1-4H3;1-2H3;2H2,1H3. The van der Waals surface area contributed by atoms with Gasteiger partial charge in [0.15, 0.2) is 5.78 Å². The molecular formula is C19H33BrN2O2. The third-order valence-electron chi connectivity index (χ3n) is 3.65. The highest BCUT2D eigenvalue weighted by Gasteiger charge is 2.28. The van der Waals surface area contributed by atoms with E-state index in [1.807, 2.05) is 26.0 Å². The number of ketones is 1. The summed E-state index contributed by atoms with van der Waals surface area (Å²) in [6, 6.07) is 3.96. The number of halogens is 1. The van der Waals surface area contributed by atoms with Crippen molar-refractivity contribution in [2.45, 2.75) is 47.0 Å². The summed E-state index contributed by atoms with van der Waals surface area (Å²) in [5, 5.41) is 0.350. The first kappa shape index (κ1) is 22.9. The van der Waals surface area contributed by atoms with Gasteiger partial charge in [0.05, 0.1) is 17.6 Å². The van der Waals surface area contributed by atoms with Crippen LogP contribution in [0.2, 0.25) is 0 Å². The van der Waals surface area contributed by atoms with Crippen molar-refractivity contribution >= 4 is 27.4 Å². The third kappa shape index (κ3) is 5.49. The van der Waals surface area contributed by atoms with Gasteiger partial charge in [-0.1, -0.05) is 50.5 Å². The number of carbonyl (C=O) groups excluding carboxylic acids is 1. The van der Waals surface area contributed by atoms with Gasteiger partial charge in [-0.15, -0.1) is 0 Å². The Hall–Kier alpha value is -1.07. The number of carbonyl (C=O) groups is 1. The van der Waals surface area contributed by atoms with Crippen LogP contribution >= 0.6 is 15.9 Å². The van der Waals surface area contributed by atoms with Crippen LogP contribution < -0.4 is 15.4 Å².